The van der Waals surface area contributed by atoms with Gasteiger partial charge >= 0.3 is 0 Å². The molecule has 0 radical (unpaired) electrons. The van der Waals surface area contributed by atoms with Crippen molar-refractivity contribution in [3.63, 3.8) is 0 Å². The first-order chi connectivity index (χ1) is 9.65. The zero-order chi connectivity index (χ0) is 14.5. The molecule has 2 aromatic carbocycles. The highest BCUT2D eigenvalue weighted by molar-refractivity contribution is 6.33. The van der Waals surface area contributed by atoms with Crippen LogP contribution in [0.3, 0.4) is 0 Å². The van der Waals surface area contributed by atoms with E-state index in [2.05, 4.69) is 11.0 Å². The molecule has 0 heterocycles. The predicted molar refractivity (Wildman–Crippen MR) is 84.3 cm³/mol. The Balaban J connectivity index is 2.28. The summed E-state index contributed by atoms with van der Waals surface area (Å²) >= 11 is 12.2. The largest absolute Gasteiger partial charge is 0.369 e. The summed E-state index contributed by atoms with van der Waals surface area (Å²) in [6.45, 7) is 0.670. The third kappa shape index (κ3) is 3.25. The van der Waals surface area contributed by atoms with Gasteiger partial charge in [-0.1, -0.05) is 35.9 Å². The Hall–Kier alpha value is -1.69. The maximum absolute atomic E-state index is 8.94. The maximum atomic E-state index is 8.94. The molecule has 0 fully saturated rings. The van der Waals surface area contributed by atoms with E-state index in [1.807, 2.05) is 43.4 Å². The fourth-order valence-corrected chi connectivity index (χ4v) is 2.74. The van der Waals surface area contributed by atoms with Crippen molar-refractivity contribution in [2.75, 3.05) is 11.9 Å². The SMILES string of the molecule is CN(Cc1cccc(C#N)c1)c1c(Cl)cccc1CCl. The minimum atomic E-state index is 0.415. The second-order valence-electron chi connectivity index (χ2n) is 4.55. The lowest BCUT2D eigenvalue weighted by Crippen LogP contribution is -2.18. The van der Waals surface area contributed by atoms with E-state index in [0.29, 0.717) is 23.0 Å². The minimum Gasteiger partial charge on any atom is -0.369 e. The lowest BCUT2D eigenvalue weighted by molar-refractivity contribution is 0.915. The molecule has 4 heteroatoms. The van der Waals surface area contributed by atoms with Crippen molar-refractivity contribution >= 4 is 28.9 Å². The molecule has 0 aromatic heterocycles. The molecule has 102 valence electrons. The number of alkyl halides is 1. The number of nitrogens with zero attached hydrogens (tertiary/aromatic N) is 2. The van der Waals surface area contributed by atoms with Crippen LogP contribution < -0.4 is 4.90 Å². The average Bonchev–Trinajstić information content (AvgIpc) is 2.46. The van der Waals surface area contributed by atoms with Crippen LogP contribution in [0.4, 0.5) is 5.69 Å². The lowest BCUT2D eigenvalue weighted by atomic mass is 10.1. The van der Waals surface area contributed by atoms with Crippen LogP contribution in [0.2, 0.25) is 5.02 Å². The molecular weight excluding hydrogens is 291 g/mol. The van der Waals surface area contributed by atoms with Crippen molar-refractivity contribution in [2.24, 2.45) is 0 Å². The lowest BCUT2D eigenvalue weighted by Gasteiger charge is -2.23. The Labute approximate surface area is 129 Å². The fraction of sp³-hybridized carbons (Fsp3) is 0.188. The van der Waals surface area contributed by atoms with Crippen LogP contribution in [-0.4, -0.2) is 7.05 Å². The molecule has 0 amide bonds. The van der Waals surface area contributed by atoms with Gasteiger partial charge in [0.15, 0.2) is 0 Å². The van der Waals surface area contributed by atoms with Crippen LogP contribution >= 0.6 is 23.2 Å². The van der Waals surface area contributed by atoms with Crippen LogP contribution in [0.1, 0.15) is 16.7 Å². The van der Waals surface area contributed by atoms with E-state index in [4.69, 9.17) is 28.5 Å². The normalized spacial score (nSPS) is 10.1. The van der Waals surface area contributed by atoms with Crippen LogP contribution in [-0.2, 0) is 12.4 Å². The summed E-state index contributed by atoms with van der Waals surface area (Å²) < 4.78 is 0. The third-order valence-corrected chi connectivity index (χ3v) is 3.66. The number of hydrogen-bond acceptors (Lipinski definition) is 2. The first-order valence-corrected chi connectivity index (χ1v) is 7.10. The summed E-state index contributed by atoms with van der Waals surface area (Å²) in [5, 5.41) is 9.62. The van der Waals surface area contributed by atoms with Gasteiger partial charge in [0.05, 0.1) is 22.3 Å². The van der Waals surface area contributed by atoms with Gasteiger partial charge in [-0.15, -0.1) is 11.6 Å². The molecule has 0 saturated carbocycles. The zero-order valence-electron chi connectivity index (χ0n) is 11.1. The van der Waals surface area contributed by atoms with E-state index in [0.717, 1.165) is 16.8 Å². The molecule has 0 bridgehead atoms. The number of anilines is 1. The molecular formula is C16H14Cl2N2. The van der Waals surface area contributed by atoms with Crippen molar-refractivity contribution in [2.45, 2.75) is 12.4 Å². The van der Waals surface area contributed by atoms with E-state index < -0.39 is 0 Å². The summed E-state index contributed by atoms with van der Waals surface area (Å²) in [5.41, 5.74) is 3.66. The molecule has 0 saturated heterocycles. The molecule has 2 rings (SSSR count). The molecule has 0 N–H and O–H groups in total. The van der Waals surface area contributed by atoms with Gasteiger partial charge in [0.1, 0.15) is 0 Å². The molecule has 0 atom stereocenters. The maximum Gasteiger partial charge on any atom is 0.0991 e. The van der Waals surface area contributed by atoms with Gasteiger partial charge in [-0.05, 0) is 29.3 Å². The molecule has 0 unspecified atom stereocenters. The van der Waals surface area contributed by atoms with E-state index in [1.54, 1.807) is 6.07 Å². The molecule has 0 aliphatic heterocycles. The van der Waals surface area contributed by atoms with E-state index >= 15 is 0 Å². The van der Waals surface area contributed by atoms with Crippen molar-refractivity contribution < 1.29 is 0 Å². The molecule has 0 aliphatic rings. The number of rotatable bonds is 4. The summed E-state index contributed by atoms with van der Waals surface area (Å²) in [6, 6.07) is 15.4. The Morgan fingerprint density at radius 3 is 2.65 bits per heavy atom. The monoisotopic (exact) mass is 304 g/mol. The molecule has 0 spiro atoms. The highest BCUT2D eigenvalue weighted by atomic mass is 35.5. The number of nitriles is 1. The van der Waals surface area contributed by atoms with E-state index in [9.17, 15) is 0 Å². The van der Waals surface area contributed by atoms with Gasteiger partial charge in [-0.3, -0.25) is 0 Å². The van der Waals surface area contributed by atoms with Gasteiger partial charge in [-0.25, -0.2) is 0 Å². The summed E-state index contributed by atoms with van der Waals surface area (Å²) in [4.78, 5) is 2.05. The Morgan fingerprint density at radius 1 is 1.20 bits per heavy atom. The summed E-state index contributed by atoms with van der Waals surface area (Å²) in [5.74, 6) is 0.415. The quantitative estimate of drug-likeness (QED) is 0.773. The number of hydrogen-bond donors (Lipinski definition) is 0. The molecule has 2 aromatic rings. The van der Waals surface area contributed by atoms with Gasteiger partial charge in [0, 0.05) is 19.5 Å². The van der Waals surface area contributed by atoms with E-state index in [1.165, 1.54) is 0 Å². The van der Waals surface area contributed by atoms with Crippen molar-refractivity contribution in [1.29, 1.82) is 5.26 Å². The topological polar surface area (TPSA) is 27.0 Å². The Morgan fingerprint density at radius 2 is 1.95 bits per heavy atom. The highest BCUT2D eigenvalue weighted by Gasteiger charge is 2.11. The summed E-state index contributed by atoms with van der Waals surface area (Å²) in [6.07, 6.45) is 0. The summed E-state index contributed by atoms with van der Waals surface area (Å²) in [7, 11) is 1.97. The first kappa shape index (κ1) is 14.7. The van der Waals surface area contributed by atoms with Gasteiger partial charge in [-0.2, -0.15) is 5.26 Å². The number of halogens is 2. The smallest absolute Gasteiger partial charge is 0.0991 e. The molecule has 2 nitrogen and oxygen atoms in total. The highest BCUT2D eigenvalue weighted by Crippen LogP contribution is 2.31. The van der Waals surface area contributed by atoms with Gasteiger partial charge in [0.25, 0.3) is 0 Å². The van der Waals surface area contributed by atoms with Crippen LogP contribution in [0.25, 0.3) is 0 Å². The minimum absolute atomic E-state index is 0.415. The van der Waals surface area contributed by atoms with Gasteiger partial charge < -0.3 is 4.90 Å². The van der Waals surface area contributed by atoms with Crippen molar-refractivity contribution in [3.05, 3.63) is 64.2 Å². The van der Waals surface area contributed by atoms with Crippen LogP contribution in [0.15, 0.2) is 42.5 Å². The van der Waals surface area contributed by atoms with Crippen LogP contribution in [0, 0.1) is 11.3 Å². The second kappa shape index (κ2) is 6.65. The number of benzene rings is 2. The average molecular weight is 305 g/mol. The molecule has 20 heavy (non-hydrogen) atoms. The predicted octanol–water partition coefficient (Wildman–Crippen LogP) is 4.59. The zero-order valence-corrected chi connectivity index (χ0v) is 12.6. The van der Waals surface area contributed by atoms with E-state index in [-0.39, 0.29) is 0 Å². The Kier molecular flexibility index (Phi) is 4.89. The van der Waals surface area contributed by atoms with Gasteiger partial charge in [0.2, 0.25) is 0 Å². The number of para-hydroxylation sites is 1. The standard InChI is InChI=1S/C16H14Cl2N2/c1-20(11-13-5-2-4-12(8-13)10-19)16-14(9-17)6-3-7-15(16)18/h2-8H,9,11H2,1H3. The third-order valence-electron chi connectivity index (χ3n) is 3.07. The van der Waals surface area contributed by atoms with Crippen molar-refractivity contribution in [1.82, 2.24) is 0 Å². The Bertz CT molecular complexity index is 647. The van der Waals surface area contributed by atoms with Crippen LogP contribution in [0.5, 0.6) is 0 Å². The fourth-order valence-electron chi connectivity index (χ4n) is 2.19. The first-order valence-electron chi connectivity index (χ1n) is 6.19. The molecule has 0 aliphatic carbocycles. The van der Waals surface area contributed by atoms with Crippen molar-refractivity contribution in [3.8, 4) is 6.07 Å². The second-order valence-corrected chi connectivity index (χ2v) is 5.22.